The Labute approximate surface area is 84.4 Å². The van der Waals surface area contributed by atoms with Gasteiger partial charge in [-0.1, -0.05) is 19.1 Å². The van der Waals surface area contributed by atoms with Gasteiger partial charge < -0.3 is 5.32 Å². The molecule has 1 saturated heterocycles. The number of hydrogen-bond donors (Lipinski definition) is 1. The lowest BCUT2D eigenvalue weighted by Gasteiger charge is -1.75. The fourth-order valence-corrected chi connectivity index (χ4v) is 0.780. The Morgan fingerprint density at radius 1 is 1.50 bits per heavy atom. The molecule has 4 nitrogen and oxygen atoms in total. The third-order valence-corrected chi connectivity index (χ3v) is 1.37. The summed E-state index contributed by atoms with van der Waals surface area (Å²) in [6.07, 6.45) is 6.33. The first-order chi connectivity index (χ1) is 6.72. The number of hydrogen-bond acceptors (Lipinski definition) is 4. The molecular formula is C10H17NO3. The molecule has 0 amide bonds. The van der Waals surface area contributed by atoms with Gasteiger partial charge in [-0.3, -0.25) is 4.79 Å². The first kappa shape index (κ1) is 15.2. The zero-order chi connectivity index (χ0) is 11.2. The van der Waals surface area contributed by atoms with E-state index in [1.807, 2.05) is 6.92 Å². The van der Waals surface area contributed by atoms with Crippen molar-refractivity contribution in [2.45, 2.75) is 26.7 Å². The zero-order valence-corrected chi connectivity index (χ0v) is 8.71. The molecule has 0 bridgehead atoms. The Balaban J connectivity index is 0. The Kier molecular flexibility index (Phi) is 15.5. The summed E-state index contributed by atoms with van der Waals surface area (Å²) in [7, 11) is 0. The van der Waals surface area contributed by atoms with E-state index in [0.717, 1.165) is 19.4 Å². The molecule has 1 heterocycles. The second-order valence-electron chi connectivity index (χ2n) is 2.53. The van der Waals surface area contributed by atoms with Crippen LogP contribution in [0, 0.1) is 0 Å². The largest absolute Gasteiger partial charge is 0.373 e. The fourth-order valence-electron chi connectivity index (χ4n) is 0.780. The van der Waals surface area contributed by atoms with Gasteiger partial charge >= 0.3 is 6.15 Å². The number of carbonyl (C=O) groups is 1. The summed E-state index contributed by atoms with van der Waals surface area (Å²) < 4.78 is 0. The van der Waals surface area contributed by atoms with Gasteiger partial charge in [0.25, 0.3) is 0 Å². The SMILES string of the molecule is CC=CCC.O=C1CCNC1.O=C=O. The Morgan fingerprint density at radius 2 is 2.07 bits per heavy atom. The van der Waals surface area contributed by atoms with Crippen LogP contribution in [0.25, 0.3) is 0 Å². The number of ketones is 1. The molecule has 1 aliphatic rings. The fraction of sp³-hybridized carbons (Fsp3) is 0.600. The standard InChI is InChI=1S/C5H10.C4H7NO.CO2/c1-3-5-4-2;6-4-1-2-5-3-4;2-1-3/h3,5H,4H2,1-2H3;5H,1-3H2;. The Morgan fingerprint density at radius 3 is 2.14 bits per heavy atom. The molecule has 0 aromatic carbocycles. The van der Waals surface area contributed by atoms with Crippen LogP contribution in [0.1, 0.15) is 26.7 Å². The Hall–Kier alpha value is -1.25. The van der Waals surface area contributed by atoms with Gasteiger partial charge in [0, 0.05) is 13.0 Å². The number of allylic oxidation sites excluding steroid dienone is 2. The molecule has 0 aromatic rings. The lowest BCUT2D eigenvalue weighted by Crippen LogP contribution is -2.07. The van der Waals surface area contributed by atoms with Gasteiger partial charge in [-0.05, 0) is 13.3 Å². The van der Waals surface area contributed by atoms with Crippen LogP contribution in [0.5, 0.6) is 0 Å². The molecule has 0 unspecified atom stereocenters. The number of nitrogens with one attached hydrogen (secondary N) is 1. The monoisotopic (exact) mass is 199 g/mol. The van der Waals surface area contributed by atoms with Gasteiger partial charge in [0.2, 0.25) is 0 Å². The van der Waals surface area contributed by atoms with Gasteiger partial charge in [0.05, 0.1) is 6.54 Å². The number of carbonyl (C=O) groups excluding carboxylic acids is 3. The van der Waals surface area contributed by atoms with Crippen LogP contribution < -0.4 is 5.32 Å². The van der Waals surface area contributed by atoms with Crippen molar-refractivity contribution < 1.29 is 14.4 Å². The molecule has 0 saturated carbocycles. The van der Waals surface area contributed by atoms with Gasteiger partial charge in [0.15, 0.2) is 0 Å². The van der Waals surface area contributed by atoms with E-state index in [1.54, 1.807) is 0 Å². The molecule has 1 fully saturated rings. The van der Waals surface area contributed by atoms with E-state index in [0.29, 0.717) is 12.3 Å². The zero-order valence-electron chi connectivity index (χ0n) is 8.71. The highest BCUT2D eigenvalue weighted by Gasteiger charge is 2.06. The van der Waals surface area contributed by atoms with Gasteiger partial charge in [0.1, 0.15) is 5.78 Å². The van der Waals surface area contributed by atoms with Gasteiger partial charge in [-0.25, -0.2) is 0 Å². The van der Waals surface area contributed by atoms with E-state index in [2.05, 4.69) is 24.4 Å². The molecule has 1 aliphatic heterocycles. The third-order valence-electron chi connectivity index (χ3n) is 1.37. The topological polar surface area (TPSA) is 63.2 Å². The molecule has 4 heteroatoms. The first-order valence-corrected chi connectivity index (χ1v) is 4.55. The minimum atomic E-state index is 0.250. The lowest BCUT2D eigenvalue weighted by molar-refractivity contribution is -0.191. The summed E-state index contributed by atoms with van der Waals surface area (Å²) in [5.74, 6) is 0.343. The summed E-state index contributed by atoms with van der Waals surface area (Å²) in [4.78, 5) is 26.4. The van der Waals surface area contributed by atoms with E-state index >= 15 is 0 Å². The highest BCUT2D eigenvalue weighted by Crippen LogP contribution is 1.85. The van der Waals surface area contributed by atoms with Crippen molar-refractivity contribution in [2.75, 3.05) is 13.1 Å². The second-order valence-corrected chi connectivity index (χ2v) is 2.53. The molecule has 0 spiro atoms. The van der Waals surface area contributed by atoms with Crippen LogP contribution in [0.2, 0.25) is 0 Å². The summed E-state index contributed by atoms with van der Waals surface area (Å²) >= 11 is 0. The van der Waals surface area contributed by atoms with Crippen LogP contribution in [0.4, 0.5) is 0 Å². The van der Waals surface area contributed by atoms with Crippen molar-refractivity contribution in [2.24, 2.45) is 0 Å². The molecule has 80 valence electrons. The molecule has 0 aromatic heterocycles. The average molecular weight is 199 g/mol. The predicted molar refractivity (Wildman–Crippen MR) is 52.6 cm³/mol. The Bertz CT molecular complexity index is 186. The third kappa shape index (κ3) is 17.0. The van der Waals surface area contributed by atoms with E-state index in [9.17, 15) is 4.79 Å². The quantitative estimate of drug-likeness (QED) is 0.638. The lowest BCUT2D eigenvalue weighted by atomic mass is 10.4. The predicted octanol–water partition coefficient (Wildman–Crippen LogP) is 0.938. The van der Waals surface area contributed by atoms with E-state index in [-0.39, 0.29) is 6.15 Å². The molecule has 1 N–H and O–H groups in total. The van der Waals surface area contributed by atoms with Crippen molar-refractivity contribution in [3.63, 3.8) is 0 Å². The highest BCUT2D eigenvalue weighted by molar-refractivity contribution is 5.82. The minimum Gasteiger partial charge on any atom is -0.310 e. The van der Waals surface area contributed by atoms with Crippen LogP contribution >= 0.6 is 0 Å². The van der Waals surface area contributed by atoms with Crippen LogP contribution in [-0.2, 0) is 14.4 Å². The van der Waals surface area contributed by atoms with Crippen molar-refractivity contribution in [1.82, 2.24) is 5.32 Å². The van der Waals surface area contributed by atoms with Crippen molar-refractivity contribution in [3.05, 3.63) is 12.2 Å². The van der Waals surface area contributed by atoms with E-state index in [4.69, 9.17) is 9.59 Å². The maximum Gasteiger partial charge on any atom is 0.373 e. The van der Waals surface area contributed by atoms with E-state index in [1.165, 1.54) is 0 Å². The molecule has 0 radical (unpaired) electrons. The van der Waals surface area contributed by atoms with Gasteiger partial charge in [-0.2, -0.15) is 9.59 Å². The molecule has 0 atom stereocenters. The summed E-state index contributed by atoms with van der Waals surface area (Å²) in [5, 5.41) is 2.92. The highest BCUT2D eigenvalue weighted by atomic mass is 16.2. The molecular weight excluding hydrogens is 182 g/mol. The second kappa shape index (κ2) is 14.3. The maximum absolute atomic E-state index is 10.2. The average Bonchev–Trinajstić information content (AvgIpc) is 2.60. The van der Waals surface area contributed by atoms with E-state index < -0.39 is 0 Å². The summed E-state index contributed by atoms with van der Waals surface area (Å²) in [6.45, 7) is 5.64. The van der Waals surface area contributed by atoms with Crippen molar-refractivity contribution in [3.8, 4) is 0 Å². The number of rotatable bonds is 1. The molecule has 14 heavy (non-hydrogen) atoms. The summed E-state index contributed by atoms with van der Waals surface area (Å²) in [6, 6.07) is 0. The van der Waals surface area contributed by atoms with Crippen molar-refractivity contribution >= 4 is 11.9 Å². The normalized spacial score (nSPS) is 13.7. The van der Waals surface area contributed by atoms with Crippen molar-refractivity contribution in [1.29, 1.82) is 0 Å². The number of Topliss-reactive ketones (excluding diaryl/α,β-unsaturated/α-hetero) is 1. The first-order valence-electron chi connectivity index (χ1n) is 4.55. The summed E-state index contributed by atoms with van der Waals surface area (Å²) in [5.41, 5.74) is 0. The van der Waals surface area contributed by atoms with Crippen LogP contribution in [-0.4, -0.2) is 25.0 Å². The van der Waals surface area contributed by atoms with Crippen LogP contribution in [0.15, 0.2) is 12.2 Å². The van der Waals surface area contributed by atoms with Crippen LogP contribution in [0.3, 0.4) is 0 Å². The molecule has 0 aliphatic carbocycles. The molecule has 1 rings (SSSR count). The smallest absolute Gasteiger partial charge is 0.310 e. The minimum absolute atomic E-state index is 0.250. The van der Waals surface area contributed by atoms with Gasteiger partial charge in [-0.15, -0.1) is 0 Å². The maximum atomic E-state index is 10.2.